The number of nitrogens with zero attached hydrogens (tertiary/aromatic N) is 1. The van der Waals surface area contributed by atoms with Gasteiger partial charge in [-0.15, -0.1) is 0 Å². The molecule has 0 aliphatic rings. The molecule has 0 unspecified atom stereocenters. The van der Waals surface area contributed by atoms with E-state index in [4.69, 9.17) is 27.9 Å². The number of nitrogens with one attached hydrogen (secondary N) is 1. The van der Waals surface area contributed by atoms with Crippen molar-refractivity contribution in [1.82, 2.24) is 5.32 Å². The molecule has 0 aromatic heterocycles. The normalized spacial score (nSPS) is 11.2. The zero-order valence-electron chi connectivity index (χ0n) is 18.2. The minimum Gasteiger partial charge on any atom is -0.492 e. The van der Waals surface area contributed by atoms with Crippen LogP contribution in [0.3, 0.4) is 0 Å². The Kier molecular flexibility index (Phi) is 8.24. The van der Waals surface area contributed by atoms with Crippen molar-refractivity contribution in [3.05, 3.63) is 87.9 Å². The van der Waals surface area contributed by atoms with Gasteiger partial charge >= 0.3 is 0 Å². The van der Waals surface area contributed by atoms with Gasteiger partial charge in [0, 0.05) is 10.0 Å². The summed E-state index contributed by atoms with van der Waals surface area (Å²) >= 11 is 12.2. The Morgan fingerprint density at radius 3 is 2.03 bits per heavy atom. The summed E-state index contributed by atoms with van der Waals surface area (Å²) in [6, 6.07) is 18.3. The molecule has 174 valence electrons. The highest BCUT2D eigenvalue weighted by atomic mass is 35.5. The molecule has 33 heavy (non-hydrogen) atoms. The lowest BCUT2D eigenvalue weighted by molar-refractivity contribution is -0.119. The smallest absolute Gasteiger partial charge is 0.264 e. The fourth-order valence-electron chi connectivity index (χ4n) is 3.02. The Bertz CT molecular complexity index is 1190. The van der Waals surface area contributed by atoms with Crippen molar-refractivity contribution in [2.45, 2.75) is 18.7 Å². The van der Waals surface area contributed by atoms with Crippen LogP contribution in [0, 0.1) is 13.8 Å². The van der Waals surface area contributed by atoms with Crippen LogP contribution in [0.15, 0.2) is 71.6 Å². The SMILES string of the molecule is Cc1ccc(OCCNC(=O)CN(c2cc(Cl)cc(Cl)c2)S(=O)(=O)c2ccc(C)cc2)cc1. The average molecular weight is 507 g/mol. The number of anilines is 1. The summed E-state index contributed by atoms with van der Waals surface area (Å²) in [5.41, 5.74) is 2.23. The van der Waals surface area contributed by atoms with Crippen LogP contribution in [0.4, 0.5) is 5.69 Å². The Labute approximate surface area is 204 Å². The van der Waals surface area contributed by atoms with Crippen LogP contribution in [0.2, 0.25) is 10.0 Å². The summed E-state index contributed by atoms with van der Waals surface area (Å²) in [6.45, 7) is 3.84. The monoisotopic (exact) mass is 506 g/mol. The first-order valence-electron chi connectivity index (χ1n) is 10.2. The second-order valence-corrected chi connectivity index (χ2v) is 10.2. The molecule has 9 heteroatoms. The van der Waals surface area contributed by atoms with Gasteiger partial charge in [0.1, 0.15) is 18.9 Å². The molecule has 0 saturated heterocycles. The summed E-state index contributed by atoms with van der Waals surface area (Å²) in [5, 5.41) is 3.21. The van der Waals surface area contributed by atoms with E-state index in [1.807, 2.05) is 38.1 Å². The topological polar surface area (TPSA) is 75.7 Å². The number of hydrogen-bond acceptors (Lipinski definition) is 4. The molecule has 6 nitrogen and oxygen atoms in total. The van der Waals surface area contributed by atoms with Gasteiger partial charge in [-0.05, 0) is 56.3 Å². The van der Waals surface area contributed by atoms with Crippen LogP contribution in [0.5, 0.6) is 5.75 Å². The summed E-state index contributed by atoms with van der Waals surface area (Å²) in [7, 11) is -4.05. The fourth-order valence-corrected chi connectivity index (χ4v) is 4.94. The van der Waals surface area contributed by atoms with Crippen molar-refractivity contribution in [3.63, 3.8) is 0 Å². The average Bonchev–Trinajstić information content (AvgIpc) is 2.76. The molecule has 3 aromatic carbocycles. The van der Waals surface area contributed by atoms with Crippen molar-refractivity contribution < 1.29 is 17.9 Å². The number of carbonyl (C=O) groups excluding carboxylic acids is 1. The third-order valence-corrected chi connectivity index (χ3v) is 6.97. The molecule has 0 heterocycles. The third-order valence-electron chi connectivity index (χ3n) is 4.75. The molecule has 0 radical (unpaired) electrons. The lowest BCUT2D eigenvalue weighted by Gasteiger charge is -2.24. The molecule has 0 aliphatic heterocycles. The Morgan fingerprint density at radius 1 is 0.909 bits per heavy atom. The quantitative estimate of drug-likeness (QED) is 0.414. The maximum atomic E-state index is 13.4. The molecule has 0 saturated carbocycles. The zero-order valence-corrected chi connectivity index (χ0v) is 20.5. The van der Waals surface area contributed by atoms with Gasteiger partial charge in [0.25, 0.3) is 10.0 Å². The minimum atomic E-state index is -4.05. The van der Waals surface area contributed by atoms with Gasteiger partial charge in [-0.3, -0.25) is 9.10 Å². The summed E-state index contributed by atoms with van der Waals surface area (Å²) in [6.07, 6.45) is 0. The highest BCUT2D eigenvalue weighted by Crippen LogP contribution is 2.29. The maximum Gasteiger partial charge on any atom is 0.264 e. The first-order valence-corrected chi connectivity index (χ1v) is 12.4. The van der Waals surface area contributed by atoms with E-state index < -0.39 is 22.5 Å². The molecule has 3 rings (SSSR count). The molecule has 0 bridgehead atoms. The maximum absolute atomic E-state index is 13.4. The van der Waals surface area contributed by atoms with E-state index >= 15 is 0 Å². The van der Waals surface area contributed by atoms with Crippen molar-refractivity contribution in [3.8, 4) is 5.75 Å². The molecule has 0 aliphatic carbocycles. The highest BCUT2D eigenvalue weighted by Gasteiger charge is 2.27. The van der Waals surface area contributed by atoms with Gasteiger partial charge in [-0.2, -0.15) is 0 Å². The highest BCUT2D eigenvalue weighted by molar-refractivity contribution is 7.92. The molecule has 3 aromatic rings. The van der Waals surface area contributed by atoms with Crippen LogP contribution < -0.4 is 14.4 Å². The number of hydrogen-bond donors (Lipinski definition) is 1. The first-order chi connectivity index (χ1) is 15.6. The number of benzene rings is 3. The number of amides is 1. The molecule has 0 atom stereocenters. The van der Waals surface area contributed by atoms with Crippen LogP contribution in [-0.2, 0) is 14.8 Å². The second kappa shape index (κ2) is 10.9. The Balaban J connectivity index is 1.74. The first kappa shape index (κ1) is 24.9. The van der Waals surface area contributed by atoms with E-state index in [1.54, 1.807) is 12.1 Å². The van der Waals surface area contributed by atoms with E-state index in [9.17, 15) is 13.2 Å². The van der Waals surface area contributed by atoms with Crippen molar-refractivity contribution in [1.29, 1.82) is 0 Å². The number of halogens is 2. The van der Waals surface area contributed by atoms with E-state index in [0.29, 0.717) is 5.75 Å². The summed E-state index contributed by atoms with van der Waals surface area (Å²) in [4.78, 5) is 12.7. The number of sulfonamides is 1. The van der Waals surface area contributed by atoms with Gasteiger partial charge in [0.05, 0.1) is 17.1 Å². The predicted octanol–water partition coefficient (Wildman–Crippen LogP) is 5.00. The minimum absolute atomic E-state index is 0.0553. The van der Waals surface area contributed by atoms with Gasteiger partial charge in [0.2, 0.25) is 5.91 Å². The van der Waals surface area contributed by atoms with Crippen molar-refractivity contribution >= 4 is 44.8 Å². The van der Waals surface area contributed by atoms with E-state index in [-0.39, 0.29) is 33.8 Å². The van der Waals surface area contributed by atoms with E-state index in [0.717, 1.165) is 15.4 Å². The predicted molar refractivity (Wildman–Crippen MR) is 132 cm³/mol. The molecule has 1 amide bonds. The number of ether oxygens (including phenoxy) is 1. The third kappa shape index (κ3) is 6.87. The second-order valence-electron chi connectivity index (χ2n) is 7.46. The van der Waals surface area contributed by atoms with Gasteiger partial charge in [0.15, 0.2) is 0 Å². The molecular formula is C24H24Cl2N2O4S. The van der Waals surface area contributed by atoms with E-state index in [1.165, 1.54) is 30.3 Å². The lowest BCUT2D eigenvalue weighted by atomic mass is 10.2. The summed E-state index contributed by atoms with van der Waals surface area (Å²) in [5.74, 6) is 0.196. The van der Waals surface area contributed by atoms with Crippen LogP contribution in [-0.4, -0.2) is 34.0 Å². The number of aryl methyl sites for hydroxylation is 2. The molecule has 1 N–H and O–H groups in total. The van der Waals surface area contributed by atoms with Gasteiger partial charge in [-0.1, -0.05) is 58.6 Å². The van der Waals surface area contributed by atoms with Crippen LogP contribution >= 0.6 is 23.2 Å². The fraction of sp³-hybridized carbons (Fsp3) is 0.208. The standard InChI is InChI=1S/C24H24Cl2N2O4S/c1-17-3-7-22(8-4-17)32-12-11-27-24(29)16-28(21-14-19(25)13-20(26)15-21)33(30,31)23-9-5-18(2)6-10-23/h3-10,13-15H,11-12,16H2,1-2H3,(H,27,29). The van der Waals surface area contributed by atoms with Crippen molar-refractivity contribution in [2.24, 2.45) is 0 Å². The molecule has 0 fully saturated rings. The Hall–Kier alpha value is -2.74. The van der Waals surface area contributed by atoms with Crippen LogP contribution in [0.1, 0.15) is 11.1 Å². The summed E-state index contributed by atoms with van der Waals surface area (Å²) < 4.78 is 33.3. The number of carbonyl (C=O) groups is 1. The Morgan fingerprint density at radius 2 is 1.45 bits per heavy atom. The zero-order chi connectivity index (χ0) is 24.0. The van der Waals surface area contributed by atoms with E-state index in [2.05, 4.69) is 5.32 Å². The molecular weight excluding hydrogens is 483 g/mol. The lowest BCUT2D eigenvalue weighted by Crippen LogP contribution is -2.42. The van der Waals surface area contributed by atoms with Gasteiger partial charge < -0.3 is 10.1 Å². The van der Waals surface area contributed by atoms with Gasteiger partial charge in [-0.25, -0.2) is 8.42 Å². The number of rotatable bonds is 9. The molecule has 0 spiro atoms. The largest absolute Gasteiger partial charge is 0.492 e. The van der Waals surface area contributed by atoms with Crippen molar-refractivity contribution in [2.75, 3.05) is 24.0 Å². The van der Waals surface area contributed by atoms with Crippen LogP contribution in [0.25, 0.3) is 0 Å².